The number of ether oxygens (including phenoxy) is 1. The maximum absolute atomic E-state index is 12.0. The number of carbonyl (C=O) groups excluding carboxylic acids is 1. The van der Waals surface area contributed by atoms with Gasteiger partial charge in [-0.15, -0.1) is 0 Å². The second kappa shape index (κ2) is 5.87. The molecule has 1 N–H and O–H groups in total. The second-order valence-corrected chi connectivity index (χ2v) is 6.21. The first-order valence-corrected chi connectivity index (χ1v) is 7.36. The van der Waals surface area contributed by atoms with Gasteiger partial charge in [0.2, 0.25) is 0 Å². The van der Waals surface area contributed by atoms with Gasteiger partial charge in [-0.1, -0.05) is 6.07 Å². The van der Waals surface area contributed by atoms with Crippen LogP contribution in [-0.4, -0.2) is 36.0 Å². The molecule has 0 atom stereocenters. The van der Waals surface area contributed by atoms with Crippen molar-refractivity contribution in [3.05, 3.63) is 23.8 Å². The molecule has 0 spiro atoms. The van der Waals surface area contributed by atoms with Gasteiger partial charge >= 0.3 is 12.2 Å². The van der Waals surface area contributed by atoms with Crippen LogP contribution in [0.4, 0.5) is 21.0 Å². The molecule has 2 amide bonds. The zero-order valence-electron chi connectivity index (χ0n) is 13.4. The fourth-order valence-electron chi connectivity index (χ4n) is 2.66. The molecule has 6 nitrogen and oxygen atoms in total. The van der Waals surface area contributed by atoms with Crippen molar-refractivity contribution in [2.75, 3.05) is 23.0 Å². The van der Waals surface area contributed by atoms with Crippen molar-refractivity contribution >= 4 is 23.6 Å². The largest absolute Gasteiger partial charge is 0.465 e. The highest BCUT2D eigenvalue weighted by atomic mass is 16.6. The lowest BCUT2D eigenvalue weighted by atomic mass is 10.0. The van der Waals surface area contributed by atoms with Crippen molar-refractivity contribution in [3.63, 3.8) is 0 Å². The van der Waals surface area contributed by atoms with Crippen LogP contribution in [-0.2, 0) is 11.2 Å². The summed E-state index contributed by atoms with van der Waals surface area (Å²) < 4.78 is 5.16. The predicted octanol–water partition coefficient (Wildman–Crippen LogP) is 3.49. The van der Waals surface area contributed by atoms with Crippen molar-refractivity contribution in [1.82, 2.24) is 0 Å². The number of cyclic esters (lactones) is 1. The van der Waals surface area contributed by atoms with E-state index < -0.39 is 17.7 Å². The van der Waals surface area contributed by atoms with E-state index in [1.807, 2.05) is 33.8 Å². The number of amides is 2. The molecule has 6 heteroatoms. The third-order valence-corrected chi connectivity index (χ3v) is 3.61. The molecule has 0 bridgehead atoms. The van der Waals surface area contributed by atoms with Gasteiger partial charge in [0.25, 0.3) is 0 Å². The number of benzene rings is 1. The van der Waals surface area contributed by atoms with Crippen molar-refractivity contribution < 1.29 is 19.4 Å². The van der Waals surface area contributed by atoms with Gasteiger partial charge in [-0.2, -0.15) is 0 Å². The Bertz CT molecular complexity index is 592. The molecular formula is C16H22N2O4. The monoisotopic (exact) mass is 306 g/mol. The van der Waals surface area contributed by atoms with Crippen LogP contribution in [0.3, 0.4) is 0 Å². The van der Waals surface area contributed by atoms with E-state index in [0.717, 1.165) is 11.3 Å². The molecule has 1 heterocycles. The number of carboxylic acid groups (broad SMARTS) is 1. The molecule has 0 aliphatic carbocycles. The SMILES string of the molecule is CCN1C(=O)OCCc2ccc(N(C(=O)O)C(C)(C)C)cc21. The lowest BCUT2D eigenvalue weighted by Gasteiger charge is -2.34. The Hall–Kier alpha value is -2.24. The molecular weight excluding hydrogens is 284 g/mol. The molecule has 0 fully saturated rings. The predicted molar refractivity (Wildman–Crippen MR) is 84.8 cm³/mol. The molecule has 1 aliphatic heterocycles. The van der Waals surface area contributed by atoms with Gasteiger partial charge in [0.1, 0.15) is 0 Å². The molecule has 120 valence electrons. The molecule has 0 saturated heterocycles. The van der Waals surface area contributed by atoms with Crippen LogP contribution in [0.25, 0.3) is 0 Å². The highest BCUT2D eigenvalue weighted by molar-refractivity contribution is 5.93. The quantitative estimate of drug-likeness (QED) is 0.908. The van der Waals surface area contributed by atoms with Crippen molar-refractivity contribution in [3.8, 4) is 0 Å². The molecule has 2 rings (SSSR count). The van der Waals surface area contributed by atoms with Crippen LogP contribution in [0, 0.1) is 0 Å². The Labute approximate surface area is 130 Å². The Morgan fingerprint density at radius 1 is 1.41 bits per heavy atom. The number of rotatable bonds is 2. The fraction of sp³-hybridized carbons (Fsp3) is 0.500. The Morgan fingerprint density at radius 2 is 2.09 bits per heavy atom. The Morgan fingerprint density at radius 3 is 2.64 bits per heavy atom. The van der Waals surface area contributed by atoms with E-state index in [2.05, 4.69) is 0 Å². The third-order valence-electron chi connectivity index (χ3n) is 3.61. The summed E-state index contributed by atoms with van der Waals surface area (Å²) in [5, 5.41) is 9.52. The van der Waals surface area contributed by atoms with E-state index in [4.69, 9.17) is 4.74 Å². The summed E-state index contributed by atoms with van der Waals surface area (Å²) in [5.74, 6) is 0. The van der Waals surface area contributed by atoms with E-state index in [1.54, 1.807) is 12.1 Å². The minimum absolute atomic E-state index is 0.337. The van der Waals surface area contributed by atoms with Crippen LogP contribution >= 0.6 is 0 Å². The minimum Gasteiger partial charge on any atom is -0.465 e. The van der Waals surface area contributed by atoms with Crippen LogP contribution in [0.1, 0.15) is 33.3 Å². The van der Waals surface area contributed by atoms with Gasteiger partial charge in [-0.05, 0) is 45.4 Å². The van der Waals surface area contributed by atoms with Gasteiger partial charge in [-0.3, -0.25) is 9.80 Å². The summed E-state index contributed by atoms with van der Waals surface area (Å²) in [6, 6.07) is 5.41. The van der Waals surface area contributed by atoms with Crippen LogP contribution in [0.2, 0.25) is 0 Å². The Kier molecular flexibility index (Phi) is 4.30. The molecule has 0 aromatic heterocycles. The summed E-state index contributed by atoms with van der Waals surface area (Å²) in [7, 11) is 0. The summed E-state index contributed by atoms with van der Waals surface area (Å²) in [6.07, 6.45) is -0.789. The average Bonchev–Trinajstić information content (AvgIpc) is 2.54. The lowest BCUT2D eigenvalue weighted by Crippen LogP contribution is -2.45. The van der Waals surface area contributed by atoms with Gasteiger partial charge < -0.3 is 9.84 Å². The fourth-order valence-corrected chi connectivity index (χ4v) is 2.66. The zero-order valence-corrected chi connectivity index (χ0v) is 13.4. The van der Waals surface area contributed by atoms with E-state index in [9.17, 15) is 14.7 Å². The second-order valence-electron chi connectivity index (χ2n) is 6.21. The zero-order chi connectivity index (χ0) is 16.5. The van der Waals surface area contributed by atoms with Gasteiger partial charge in [-0.25, -0.2) is 9.59 Å². The Balaban J connectivity index is 2.53. The smallest absolute Gasteiger partial charge is 0.414 e. The van der Waals surface area contributed by atoms with Crippen molar-refractivity contribution in [2.24, 2.45) is 0 Å². The number of fused-ring (bicyclic) bond motifs is 1. The highest BCUT2D eigenvalue weighted by Gasteiger charge is 2.30. The normalized spacial score (nSPS) is 14.9. The first-order chi connectivity index (χ1) is 10.3. The van der Waals surface area contributed by atoms with Crippen molar-refractivity contribution in [2.45, 2.75) is 39.7 Å². The minimum atomic E-state index is -1.02. The first kappa shape index (κ1) is 16.1. The third kappa shape index (κ3) is 3.00. The summed E-state index contributed by atoms with van der Waals surface area (Å²) >= 11 is 0. The van der Waals surface area contributed by atoms with Crippen LogP contribution < -0.4 is 9.80 Å². The number of anilines is 2. The van der Waals surface area contributed by atoms with Crippen molar-refractivity contribution in [1.29, 1.82) is 0 Å². The topological polar surface area (TPSA) is 70.1 Å². The van der Waals surface area contributed by atoms with E-state index in [1.165, 1.54) is 9.80 Å². The highest BCUT2D eigenvalue weighted by Crippen LogP contribution is 2.32. The average molecular weight is 306 g/mol. The van der Waals surface area contributed by atoms with E-state index >= 15 is 0 Å². The molecule has 0 unspecified atom stereocenters. The van der Waals surface area contributed by atoms with E-state index in [0.29, 0.717) is 25.3 Å². The van der Waals surface area contributed by atoms with E-state index in [-0.39, 0.29) is 0 Å². The molecule has 1 aromatic rings. The van der Waals surface area contributed by atoms with Crippen LogP contribution in [0.15, 0.2) is 18.2 Å². The lowest BCUT2D eigenvalue weighted by molar-refractivity contribution is 0.157. The van der Waals surface area contributed by atoms with Gasteiger partial charge in [0.15, 0.2) is 0 Å². The van der Waals surface area contributed by atoms with Gasteiger partial charge in [0.05, 0.1) is 12.3 Å². The number of carbonyl (C=O) groups is 2. The molecule has 22 heavy (non-hydrogen) atoms. The summed E-state index contributed by atoms with van der Waals surface area (Å²) in [6.45, 7) is 8.17. The maximum atomic E-state index is 12.0. The van der Waals surface area contributed by atoms with Crippen LogP contribution in [0.5, 0.6) is 0 Å². The number of hydrogen-bond acceptors (Lipinski definition) is 3. The summed E-state index contributed by atoms with van der Waals surface area (Å²) in [5.41, 5.74) is 1.67. The first-order valence-electron chi connectivity index (χ1n) is 7.36. The standard InChI is InChI=1S/C16H22N2O4/c1-5-17-13-10-12(18(14(19)20)16(2,3)4)7-6-11(13)8-9-22-15(17)21/h6-7,10H,5,8-9H2,1-4H3,(H,19,20). The van der Waals surface area contributed by atoms with Gasteiger partial charge in [0, 0.05) is 24.2 Å². The molecule has 1 aliphatic rings. The number of nitrogens with zero attached hydrogens (tertiary/aromatic N) is 2. The molecule has 0 radical (unpaired) electrons. The number of hydrogen-bond donors (Lipinski definition) is 1. The molecule has 0 saturated carbocycles. The summed E-state index contributed by atoms with van der Waals surface area (Å²) in [4.78, 5) is 26.5. The maximum Gasteiger partial charge on any atom is 0.414 e. The molecule has 1 aromatic carbocycles.